The summed E-state index contributed by atoms with van der Waals surface area (Å²) in [5.74, 6) is -1.48. The van der Waals surface area contributed by atoms with Crippen LogP contribution < -0.4 is 9.47 Å². The van der Waals surface area contributed by atoms with Gasteiger partial charge in [-0.05, 0) is 6.07 Å². The highest BCUT2D eigenvalue weighted by Gasteiger charge is 2.17. The van der Waals surface area contributed by atoms with E-state index in [2.05, 4.69) is 0 Å². The number of carbonyl (C=O) groups excluding carboxylic acids is 1. The molecular formula is C11H12O5. The number of ketones is 1. The maximum absolute atomic E-state index is 11.1. The molecule has 86 valence electrons. The molecule has 0 aliphatic carbocycles. The number of benzene rings is 1. The van der Waals surface area contributed by atoms with Gasteiger partial charge in [0.2, 0.25) is 5.78 Å². The molecule has 5 heteroatoms. The van der Waals surface area contributed by atoms with Crippen LogP contribution in [0.2, 0.25) is 0 Å². The molecule has 1 N–H and O–H groups in total. The number of ether oxygens (including phenoxy) is 2. The monoisotopic (exact) mass is 224 g/mol. The summed E-state index contributed by atoms with van der Waals surface area (Å²) >= 11 is 0. The van der Waals surface area contributed by atoms with Crippen molar-refractivity contribution in [3.8, 4) is 11.5 Å². The second-order valence-corrected chi connectivity index (χ2v) is 3.06. The van der Waals surface area contributed by atoms with E-state index in [1.165, 1.54) is 14.2 Å². The van der Waals surface area contributed by atoms with Crippen LogP contribution in [0.5, 0.6) is 11.5 Å². The van der Waals surface area contributed by atoms with E-state index in [1.807, 2.05) is 0 Å². The van der Waals surface area contributed by atoms with E-state index >= 15 is 0 Å². The third-order valence-corrected chi connectivity index (χ3v) is 2.07. The summed E-state index contributed by atoms with van der Waals surface area (Å²) in [7, 11) is 2.91. The molecule has 0 aromatic heterocycles. The van der Waals surface area contributed by atoms with Crippen LogP contribution in [0, 0.1) is 0 Å². The minimum atomic E-state index is -1.45. The molecule has 0 fully saturated rings. The van der Waals surface area contributed by atoms with Gasteiger partial charge in [-0.15, -0.1) is 0 Å². The van der Waals surface area contributed by atoms with Crippen molar-refractivity contribution >= 4 is 11.8 Å². The molecule has 0 aliphatic rings. The van der Waals surface area contributed by atoms with Gasteiger partial charge in [-0.2, -0.15) is 0 Å². The molecule has 0 unspecified atom stereocenters. The first-order valence-corrected chi connectivity index (χ1v) is 4.56. The van der Waals surface area contributed by atoms with E-state index in [4.69, 9.17) is 14.6 Å². The number of rotatable bonds is 5. The topological polar surface area (TPSA) is 72.8 Å². The molecular weight excluding hydrogens is 212 g/mol. The Labute approximate surface area is 92.6 Å². The van der Waals surface area contributed by atoms with Crippen molar-refractivity contribution in [2.24, 2.45) is 0 Å². The van der Waals surface area contributed by atoms with Gasteiger partial charge in [-0.25, -0.2) is 4.79 Å². The Morgan fingerprint density at radius 2 is 1.94 bits per heavy atom. The number of hydrogen-bond acceptors (Lipinski definition) is 4. The van der Waals surface area contributed by atoms with Crippen LogP contribution in [0.15, 0.2) is 18.2 Å². The van der Waals surface area contributed by atoms with E-state index in [9.17, 15) is 9.59 Å². The van der Waals surface area contributed by atoms with Crippen LogP contribution in [0.25, 0.3) is 0 Å². The first kappa shape index (κ1) is 12.0. The maximum atomic E-state index is 11.1. The zero-order chi connectivity index (χ0) is 12.1. The SMILES string of the molecule is COc1cccc(CC(=O)C(=O)O)c1OC. The summed E-state index contributed by atoms with van der Waals surface area (Å²) in [6.45, 7) is 0. The highest BCUT2D eigenvalue weighted by Crippen LogP contribution is 2.30. The van der Waals surface area contributed by atoms with Crippen molar-refractivity contribution in [2.45, 2.75) is 6.42 Å². The maximum Gasteiger partial charge on any atom is 0.372 e. The zero-order valence-corrected chi connectivity index (χ0v) is 9.02. The van der Waals surface area contributed by atoms with Gasteiger partial charge in [0.05, 0.1) is 14.2 Å². The molecule has 5 nitrogen and oxygen atoms in total. The van der Waals surface area contributed by atoms with Crippen molar-refractivity contribution in [3.05, 3.63) is 23.8 Å². The van der Waals surface area contributed by atoms with Crippen molar-refractivity contribution in [1.29, 1.82) is 0 Å². The molecule has 0 saturated heterocycles. The molecule has 1 aromatic carbocycles. The Hall–Kier alpha value is -2.04. The normalized spacial score (nSPS) is 9.62. The van der Waals surface area contributed by atoms with Gasteiger partial charge in [-0.1, -0.05) is 12.1 Å². The van der Waals surface area contributed by atoms with Crippen LogP contribution in [-0.4, -0.2) is 31.1 Å². The predicted molar refractivity (Wildman–Crippen MR) is 55.9 cm³/mol. The summed E-state index contributed by atoms with van der Waals surface area (Å²) in [6.07, 6.45) is -0.213. The molecule has 0 bridgehead atoms. The first-order valence-electron chi connectivity index (χ1n) is 4.56. The standard InChI is InChI=1S/C11H12O5/c1-15-9-5-3-4-7(10(9)16-2)6-8(12)11(13)14/h3-5H,6H2,1-2H3,(H,13,14). The molecule has 0 atom stereocenters. The number of hydrogen-bond donors (Lipinski definition) is 1. The average molecular weight is 224 g/mol. The molecule has 1 aromatic rings. The molecule has 16 heavy (non-hydrogen) atoms. The Morgan fingerprint density at radius 3 is 2.44 bits per heavy atom. The molecule has 0 saturated carbocycles. The molecule has 0 amide bonds. The Kier molecular flexibility index (Phi) is 3.88. The smallest absolute Gasteiger partial charge is 0.372 e. The van der Waals surface area contributed by atoms with Crippen LogP contribution >= 0.6 is 0 Å². The Bertz CT molecular complexity index is 411. The van der Waals surface area contributed by atoms with Gasteiger partial charge in [0.15, 0.2) is 11.5 Å². The van der Waals surface area contributed by atoms with E-state index in [-0.39, 0.29) is 6.42 Å². The lowest BCUT2D eigenvalue weighted by Crippen LogP contribution is -2.15. The lowest BCUT2D eigenvalue weighted by atomic mass is 10.1. The van der Waals surface area contributed by atoms with Gasteiger partial charge >= 0.3 is 5.97 Å². The minimum Gasteiger partial charge on any atom is -0.493 e. The Balaban J connectivity index is 3.04. The van der Waals surface area contributed by atoms with Crippen molar-refractivity contribution in [3.63, 3.8) is 0 Å². The second-order valence-electron chi connectivity index (χ2n) is 3.06. The minimum absolute atomic E-state index is 0.213. The first-order chi connectivity index (χ1) is 7.60. The number of carbonyl (C=O) groups is 2. The fraction of sp³-hybridized carbons (Fsp3) is 0.273. The molecule has 0 spiro atoms. The van der Waals surface area contributed by atoms with Gasteiger partial charge in [0.1, 0.15) is 0 Å². The van der Waals surface area contributed by atoms with Gasteiger partial charge in [0.25, 0.3) is 0 Å². The molecule has 1 rings (SSSR count). The fourth-order valence-corrected chi connectivity index (χ4v) is 1.34. The van der Waals surface area contributed by atoms with E-state index in [0.29, 0.717) is 17.1 Å². The van der Waals surface area contributed by atoms with Crippen LogP contribution in [0.1, 0.15) is 5.56 Å². The summed E-state index contributed by atoms with van der Waals surface area (Å²) in [5.41, 5.74) is 0.495. The second kappa shape index (κ2) is 5.16. The van der Waals surface area contributed by atoms with Crippen LogP contribution in [-0.2, 0) is 16.0 Å². The average Bonchev–Trinajstić information content (AvgIpc) is 2.28. The van der Waals surface area contributed by atoms with Gasteiger partial charge in [-0.3, -0.25) is 4.79 Å². The summed E-state index contributed by atoms with van der Waals surface area (Å²) in [4.78, 5) is 21.5. The zero-order valence-electron chi connectivity index (χ0n) is 9.02. The largest absolute Gasteiger partial charge is 0.493 e. The summed E-state index contributed by atoms with van der Waals surface area (Å²) < 4.78 is 10.1. The third kappa shape index (κ3) is 2.50. The number of Topliss-reactive ketones (excluding diaryl/α,β-unsaturated/α-hetero) is 1. The highest BCUT2D eigenvalue weighted by atomic mass is 16.5. The van der Waals surface area contributed by atoms with Crippen LogP contribution in [0.3, 0.4) is 0 Å². The van der Waals surface area contributed by atoms with E-state index in [1.54, 1.807) is 18.2 Å². The third-order valence-electron chi connectivity index (χ3n) is 2.07. The van der Waals surface area contributed by atoms with Gasteiger partial charge in [0, 0.05) is 12.0 Å². The summed E-state index contributed by atoms with van der Waals surface area (Å²) in [6, 6.07) is 4.97. The summed E-state index contributed by atoms with van der Waals surface area (Å²) in [5, 5.41) is 8.51. The number of aliphatic carboxylic acids is 1. The number of carboxylic acids is 1. The quantitative estimate of drug-likeness (QED) is 0.752. The van der Waals surface area contributed by atoms with Crippen molar-refractivity contribution < 1.29 is 24.2 Å². The lowest BCUT2D eigenvalue weighted by molar-refractivity contribution is -0.148. The van der Waals surface area contributed by atoms with Gasteiger partial charge < -0.3 is 14.6 Å². The van der Waals surface area contributed by atoms with E-state index in [0.717, 1.165) is 0 Å². The fourth-order valence-electron chi connectivity index (χ4n) is 1.34. The number of para-hydroxylation sites is 1. The van der Waals surface area contributed by atoms with E-state index < -0.39 is 11.8 Å². The molecule has 0 heterocycles. The van der Waals surface area contributed by atoms with Crippen LogP contribution in [0.4, 0.5) is 0 Å². The lowest BCUT2D eigenvalue weighted by Gasteiger charge is -2.11. The van der Waals surface area contributed by atoms with Crippen molar-refractivity contribution in [2.75, 3.05) is 14.2 Å². The Morgan fingerprint density at radius 1 is 1.25 bits per heavy atom. The molecule has 0 aliphatic heterocycles. The number of methoxy groups -OCH3 is 2. The molecule has 0 radical (unpaired) electrons. The number of carboxylic acid groups (broad SMARTS) is 1. The predicted octanol–water partition coefficient (Wildman–Crippen LogP) is 0.900. The highest BCUT2D eigenvalue weighted by molar-refractivity contribution is 6.33. The van der Waals surface area contributed by atoms with Crippen molar-refractivity contribution in [1.82, 2.24) is 0 Å².